The Hall–Kier alpha value is -2.27. The van der Waals surface area contributed by atoms with E-state index in [0.717, 1.165) is 16.8 Å². The number of hydrogen-bond donors (Lipinski definition) is 1. The first-order valence-corrected chi connectivity index (χ1v) is 9.33. The number of ether oxygens (including phenoxy) is 1. The lowest BCUT2D eigenvalue weighted by atomic mass is 10.1. The van der Waals surface area contributed by atoms with E-state index in [1.807, 2.05) is 57.2 Å². The number of anilines is 1. The van der Waals surface area contributed by atoms with Gasteiger partial charge < -0.3 is 10.1 Å². The number of nitrogens with one attached hydrogen (secondary N) is 1. The van der Waals surface area contributed by atoms with E-state index in [-0.39, 0.29) is 18.0 Å². The molecule has 1 N–H and O–H groups in total. The van der Waals surface area contributed by atoms with Gasteiger partial charge in [0.15, 0.2) is 0 Å². The Morgan fingerprint density at radius 3 is 2.28 bits per heavy atom. The average molecular weight is 357 g/mol. The predicted octanol–water partition coefficient (Wildman–Crippen LogP) is 4.43. The van der Waals surface area contributed by atoms with Crippen molar-refractivity contribution in [2.75, 3.05) is 11.1 Å². The highest BCUT2D eigenvalue weighted by atomic mass is 32.2. The van der Waals surface area contributed by atoms with Crippen LogP contribution in [0.15, 0.2) is 48.5 Å². The van der Waals surface area contributed by atoms with Crippen molar-refractivity contribution in [1.82, 2.24) is 0 Å². The summed E-state index contributed by atoms with van der Waals surface area (Å²) in [5.74, 6) is 0.754. The van der Waals surface area contributed by atoms with Crippen molar-refractivity contribution in [2.24, 2.45) is 0 Å². The summed E-state index contributed by atoms with van der Waals surface area (Å²) in [7, 11) is 0. The second-order valence-electron chi connectivity index (χ2n) is 6.06. The fraction of sp³-hybridized carbons (Fsp3) is 0.300. The second kappa shape index (κ2) is 9.28. The van der Waals surface area contributed by atoms with E-state index >= 15 is 0 Å². The van der Waals surface area contributed by atoms with Crippen molar-refractivity contribution in [3.05, 3.63) is 65.2 Å². The molecule has 0 radical (unpaired) electrons. The van der Waals surface area contributed by atoms with E-state index in [1.165, 1.54) is 11.8 Å². The summed E-state index contributed by atoms with van der Waals surface area (Å²) in [6.07, 6.45) is -0.130. The smallest absolute Gasteiger partial charge is 0.338 e. The molecule has 0 aliphatic carbocycles. The molecule has 0 aromatic heterocycles. The summed E-state index contributed by atoms with van der Waals surface area (Å²) < 4.78 is 5.16. The lowest BCUT2D eigenvalue weighted by Gasteiger charge is -2.08. The number of amides is 1. The van der Waals surface area contributed by atoms with Gasteiger partial charge >= 0.3 is 5.97 Å². The van der Waals surface area contributed by atoms with Crippen LogP contribution in [-0.2, 0) is 15.3 Å². The number of hydrogen-bond acceptors (Lipinski definition) is 4. The molecule has 0 saturated heterocycles. The van der Waals surface area contributed by atoms with Crippen LogP contribution in [0, 0.1) is 6.92 Å². The molecule has 4 nitrogen and oxygen atoms in total. The van der Waals surface area contributed by atoms with E-state index < -0.39 is 0 Å². The maximum absolute atomic E-state index is 11.9. The zero-order valence-corrected chi connectivity index (χ0v) is 15.6. The molecule has 25 heavy (non-hydrogen) atoms. The number of carbonyl (C=O) groups is 2. The summed E-state index contributed by atoms with van der Waals surface area (Å²) in [6, 6.07) is 15.0. The standard InChI is InChI=1S/C20H23NO3S/c1-14(2)24-20(23)17-8-6-16(7-9-17)12-25-13-19(22)21-18-10-4-15(3)5-11-18/h4-11,14H,12-13H2,1-3H3,(H,21,22). The van der Waals surface area contributed by atoms with Crippen LogP contribution in [0.25, 0.3) is 0 Å². The maximum atomic E-state index is 11.9. The minimum absolute atomic E-state index is 0.0222. The first-order chi connectivity index (χ1) is 11.9. The third kappa shape index (κ3) is 6.63. The molecule has 2 aromatic rings. The van der Waals surface area contributed by atoms with E-state index in [4.69, 9.17) is 4.74 Å². The van der Waals surface area contributed by atoms with E-state index in [0.29, 0.717) is 17.1 Å². The largest absolute Gasteiger partial charge is 0.459 e. The molecule has 2 aromatic carbocycles. The van der Waals surface area contributed by atoms with E-state index in [1.54, 1.807) is 12.1 Å². The molecule has 0 unspecified atom stereocenters. The van der Waals surface area contributed by atoms with Crippen LogP contribution in [0.2, 0.25) is 0 Å². The third-order valence-electron chi connectivity index (χ3n) is 3.37. The fourth-order valence-electron chi connectivity index (χ4n) is 2.11. The van der Waals surface area contributed by atoms with Gasteiger partial charge in [-0.1, -0.05) is 29.8 Å². The Bertz CT molecular complexity index is 709. The highest BCUT2D eigenvalue weighted by Gasteiger charge is 2.09. The van der Waals surface area contributed by atoms with Crippen LogP contribution < -0.4 is 5.32 Å². The Morgan fingerprint density at radius 2 is 1.68 bits per heavy atom. The van der Waals surface area contributed by atoms with Gasteiger partial charge in [-0.25, -0.2) is 4.79 Å². The SMILES string of the molecule is Cc1ccc(NC(=O)CSCc2ccc(C(=O)OC(C)C)cc2)cc1. The Labute approximate surface area is 153 Å². The van der Waals surface area contributed by atoms with Crippen molar-refractivity contribution in [3.8, 4) is 0 Å². The van der Waals surface area contributed by atoms with Crippen LogP contribution in [0.1, 0.15) is 35.3 Å². The van der Waals surface area contributed by atoms with Crippen LogP contribution in [0.3, 0.4) is 0 Å². The van der Waals surface area contributed by atoms with Crippen molar-refractivity contribution in [2.45, 2.75) is 32.6 Å². The van der Waals surface area contributed by atoms with Gasteiger partial charge in [0.25, 0.3) is 0 Å². The van der Waals surface area contributed by atoms with E-state index in [2.05, 4.69) is 5.32 Å². The van der Waals surface area contributed by atoms with Crippen molar-refractivity contribution >= 4 is 29.3 Å². The summed E-state index contributed by atoms with van der Waals surface area (Å²) in [4.78, 5) is 23.7. The lowest BCUT2D eigenvalue weighted by Crippen LogP contribution is -2.14. The molecule has 132 valence electrons. The topological polar surface area (TPSA) is 55.4 Å². The van der Waals surface area contributed by atoms with Crippen molar-refractivity contribution in [1.29, 1.82) is 0 Å². The first-order valence-electron chi connectivity index (χ1n) is 8.18. The number of thioether (sulfide) groups is 1. The Morgan fingerprint density at radius 1 is 1.04 bits per heavy atom. The van der Waals surface area contributed by atoms with Gasteiger partial charge in [-0.15, -0.1) is 11.8 Å². The molecule has 0 bridgehead atoms. The summed E-state index contributed by atoms with van der Waals surface area (Å²) >= 11 is 1.53. The molecular formula is C20H23NO3S. The van der Waals surface area contributed by atoms with Gasteiger partial charge in [-0.3, -0.25) is 4.79 Å². The number of rotatable bonds is 7. The van der Waals surface area contributed by atoms with Gasteiger partial charge in [-0.2, -0.15) is 0 Å². The highest BCUT2D eigenvalue weighted by molar-refractivity contribution is 7.99. The second-order valence-corrected chi connectivity index (χ2v) is 7.04. The highest BCUT2D eigenvalue weighted by Crippen LogP contribution is 2.15. The van der Waals surface area contributed by atoms with Crippen LogP contribution >= 0.6 is 11.8 Å². The van der Waals surface area contributed by atoms with Gasteiger partial charge in [0, 0.05) is 11.4 Å². The van der Waals surface area contributed by atoms with Gasteiger partial charge in [-0.05, 0) is 50.6 Å². The number of esters is 1. The monoisotopic (exact) mass is 357 g/mol. The molecule has 0 aliphatic heterocycles. The zero-order chi connectivity index (χ0) is 18.2. The van der Waals surface area contributed by atoms with Crippen LogP contribution in [-0.4, -0.2) is 23.7 Å². The molecule has 0 aliphatic rings. The molecular weight excluding hydrogens is 334 g/mol. The van der Waals surface area contributed by atoms with Gasteiger partial charge in [0.05, 0.1) is 17.4 Å². The maximum Gasteiger partial charge on any atom is 0.338 e. The van der Waals surface area contributed by atoms with E-state index in [9.17, 15) is 9.59 Å². The van der Waals surface area contributed by atoms with Crippen LogP contribution in [0.5, 0.6) is 0 Å². The summed E-state index contributed by atoms with van der Waals surface area (Å²) in [5, 5.41) is 2.88. The Kier molecular flexibility index (Phi) is 7.07. The molecule has 0 spiro atoms. The minimum Gasteiger partial charge on any atom is -0.459 e. The number of carbonyl (C=O) groups excluding carboxylic acids is 2. The molecule has 0 fully saturated rings. The summed E-state index contributed by atoms with van der Waals surface area (Å²) in [5.41, 5.74) is 3.58. The number of aryl methyl sites for hydroxylation is 1. The lowest BCUT2D eigenvalue weighted by molar-refractivity contribution is -0.113. The molecule has 0 atom stereocenters. The molecule has 1 amide bonds. The minimum atomic E-state index is -0.313. The van der Waals surface area contributed by atoms with Crippen LogP contribution in [0.4, 0.5) is 5.69 Å². The van der Waals surface area contributed by atoms with Crippen molar-refractivity contribution in [3.63, 3.8) is 0 Å². The average Bonchev–Trinajstić information content (AvgIpc) is 2.57. The van der Waals surface area contributed by atoms with Gasteiger partial charge in [0.2, 0.25) is 5.91 Å². The molecule has 0 heterocycles. The Balaban J connectivity index is 1.76. The summed E-state index contributed by atoms with van der Waals surface area (Å²) in [6.45, 7) is 5.66. The third-order valence-corrected chi connectivity index (χ3v) is 4.37. The first kappa shape index (κ1) is 19.1. The molecule has 2 rings (SSSR count). The molecule has 5 heteroatoms. The number of benzene rings is 2. The predicted molar refractivity (Wildman–Crippen MR) is 103 cm³/mol. The normalized spacial score (nSPS) is 10.6. The fourth-order valence-corrected chi connectivity index (χ4v) is 2.90. The molecule has 0 saturated carbocycles. The van der Waals surface area contributed by atoms with Gasteiger partial charge in [0.1, 0.15) is 0 Å². The quantitative estimate of drug-likeness (QED) is 0.745. The van der Waals surface area contributed by atoms with Crippen molar-refractivity contribution < 1.29 is 14.3 Å². The zero-order valence-electron chi connectivity index (χ0n) is 14.7.